The number of hydrazone groups is 1. The van der Waals surface area contributed by atoms with Gasteiger partial charge in [-0.2, -0.15) is 5.10 Å². The Hall–Kier alpha value is -3.23. The molecule has 7 nitrogen and oxygen atoms in total. The van der Waals surface area contributed by atoms with Gasteiger partial charge >= 0.3 is 0 Å². The fourth-order valence-electron chi connectivity index (χ4n) is 3.40. The first-order chi connectivity index (χ1) is 16.1. The number of ether oxygens (including phenoxy) is 3. The minimum Gasteiger partial charge on any atom is -0.490 e. The molecule has 2 aromatic carbocycles. The predicted octanol–water partition coefficient (Wildman–Crippen LogP) is 3.31. The molecule has 0 radical (unpaired) electrons. The van der Waals surface area contributed by atoms with Crippen LogP contribution in [0, 0.1) is 5.82 Å². The van der Waals surface area contributed by atoms with Crippen molar-refractivity contribution in [3.63, 3.8) is 0 Å². The maximum Gasteiger partial charge on any atom is 0.254 e. The molecular weight excluding hydrogens is 425 g/mol. The van der Waals surface area contributed by atoms with Crippen molar-refractivity contribution in [1.82, 2.24) is 10.3 Å². The first kappa shape index (κ1) is 24.4. The van der Waals surface area contributed by atoms with E-state index in [1.165, 1.54) is 12.1 Å². The third-order valence-electron chi connectivity index (χ3n) is 4.99. The number of benzene rings is 2. The van der Waals surface area contributed by atoms with Crippen molar-refractivity contribution in [3.05, 3.63) is 71.6 Å². The fraction of sp³-hybridized carbons (Fsp3) is 0.360. The Morgan fingerprint density at radius 3 is 2.70 bits per heavy atom. The third-order valence-corrected chi connectivity index (χ3v) is 4.99. The molecule has 1 amide bonds. The summed E-state index contributed by atoms with van der Waals surface area (Å²) in [4.78, 5) is 14.2. The van der Waals surface area contributed by atoms with Crippen LogP contribution in [0.25, 0.3) is 0 Å². The van der Waals surface area contributed by atoms with Crippen LogP contribution in [0.15, 0.2) is 54.2 Å². The zero-order chi connectivity index (χ0) is 23.5. The summed E-state index contributed by atoms with van der Waals surface area (Å²) in [6.45, 7) is 9.48. The Morgan fingerprint density at radius 2 is 2.00 bits per heavy atom. The largest absolute Gasteiger partial charge is 0.490 e. The second-order valence-electron chi connectivity index (χ2n) is 7.53. The lowest BCUT2D eigenvalue weighted by Gasteiger charge is -2.25. The van der Waals surface area contributed by atoms with Gasteiger partial charge in [-0.05, 0) is 48.7 Å². The van der Waals surface area contributed by atoms with E-state index in [0.29, 0.717) is 37.7 Å². The predicted molar refractivity (Wildman–Crippen MR) is 125 cm³/mol. The number of morpholine rings is 1. The molecule has 1 heterocycles. The van der Waals surface area contributed by atoms with Crippen molar-refractivity contribution < 1.29 is 23.4 Å². The number of rotatable bonds is 11. The van der Waals surface area contributed by atoms with E-state index in [-0.39, 0.29) is 24.9 Å². The molecule has 1 saturated heterocycles. The summed E-state index contributed by atoms with van der Waals surface area (Å²) < 4.78 is 30.3. The topological polar surface area (TPSA) is 72.4 Å². The number of carbonyl (C=O) groups is 1. The summed E-state index contributed by atoms with van der Waals surface area (Å²) in [7, 11) is 0. The van der Waals surface area contributed by atoms with Crippen LogP contribution in [-0.4, -0.2) is 56.5 Å². The molecule has 2 aromatic rings. The van der Waals surface area contributed by atoms with E-state index in [1.807, 2.05) is 24.0 Å². The van der Waals surface area contributed by atoms with Crippen molar-refractivity contribution in [2.24, 2.45) is 5.10 Å². The number of allylic oxidation sites excluding steroid dienone is 1. The molecule has 0 unspecified atom stereocenters. The molecule has 1 N–H and O–H groups in total. The lowest BCUT2D eigenvalue weighted by atomic mass is 10.1. The van der Waals surface area contributed by atoms with Gasteiger partial charge in [0.05, 0.1) is 32.6 Å². The molecule has 0 saturated carbocycles. The normalized spacial score (nSPS) is 14.2. The van der Waals surface area contributed by atoms with Gasteiger partial charge in [0.2, 0.25) is 0 Å². The molecular formula is C25H30FN3O4. The van der Waals surface area contributed by atoms with Gasteiger partial charge in [0, 0.05) is 18.7 Å². The minimum absolute atomic E-state index is 0.177. The Labute approximate surface area is 193 Å². The van der Waals surface area contributed by atoms with Crippen LogP contribution >= 0.6 is 0 Å². The van der Waals surface area contributed by atoms with E-state index in [4.69, 9.17) is 14.2 Å². The highest BCUT2D eigenvalue weighted by Crippen LogP contribution is 2.34. The third kappa shape index (κ3) is 7.69. The van der Waals surface area contributed by atoms with E-state index in [2.05, 4.69) is 17.1 Å². The molecule has 0 bridgehead atoms. The Kier molecular flexibility index (Phi) is 9.41. The van der Waals surface area contributed by atoms with Crippen molar-refractivity contribution in [1.29, 1.82) is 0 Å². The van der Waals surface area contributed by atoms with Gasteiger partial charge in [0.15, 0.2) is 11.5 Å². The average Bonchev–Trinajstić information content (AvgIpc) is 2.81. The van der Waals surface area contributed by atoms with Crippen LogP contribution in [0.5, 0.6) is 11.5 Å². The minimum atomic E-state index is -0.290. The van der Waals surface area contributed by atoms with Crippen LogP contribution in [0.3, 0.4) is 0 Å². The number of hydrogen-bond acceptors (Lipinski definition) is 6. The number of nitrogens with zero attached hydrogens (tertiary/aromatic N) is 2. The lowest BCUT2D eigenvalue weighted by molar-refractivity contribution is -0.123. The first-order valence-corrected chi connectivity index (χ1v) is 11.0. The van der Waals surface area contributed by atoms with Crippen molar-refractivity contribution in [2.75, 3.05) is 39.5 Å². The summed E-state index contributed by atoms with van der Waals surface area (Å²) >= 11 is 0. The molecule has 0 aliphatic carbocycles. The molecule has 1 aliphatic heterocycles. The molecule has 33 heavy (non-hydrogen) atoms. The van der Waals surface area contributed by atoms with Crippen LogP contribution in [0.2, 0.25) is 0 Å². The summed E-state index contributed by atoms with van der Waals surface area (Å²) in [6, 6.07) is 9.90. The number of amides is 1. The van der Waals surface area contributed by atoms with E-state index >= 15 is 0 Å². The monoisotopic (exact) mass is 455 g/mol. The van der Waals surface area contributed by atoms with Gasteiger partial charge in [0.25, 0.3) is 5.91 Å². The molecule has 3 rings (SSSR count). The highest BCUT2D eigenvalue weighted by atomic mass is 19.1. The molecule has 0 atom stereocenters. The number of nitrogens with one attached hydrogen (secondary N) is 1. The Balaban J connectivity index is 1.70. The van der Waals surface area contributed by atoms with Crippen molar-refractivity contribution in [3.8, 4) is 11.5 Å². The maximum absolute atomic E-state index is 13.2. The quantitative estimate of drug-likeness (QED) is 0.320. The second-order valence-corrected chi connectivity index (χ2v) is 7.53. The summed E-state index contributed by atoms with van der Waals surface area (Å²) in [5.74, 6) is 0.708. The van der Waals surface area contributed by atoms with Crippen molar-refractivity contribution >= 4 is 12.1 Å². The zero-order valence-electron chi connectivity index (χ0n) is 18.9. The Morgan fingerprint density at radius 1 is 1.24 bits per heavy atom. The number of halogens is 1. The van der Waals surface area contributed by atoms with Gasteiger partial charge < -0.3 is 14.2 Å². The number of carbonyl (C=O) groups excluding carboxylic acids is 1. The SMILES string of the molecule is C=CCc1cc(/C=N/NC(=O)CN2CCOCC2)cc(OCC)c1OCc1ccc(F)cc1. The molecule has 1 aliphatic rings. The summed E-state index contributed by atoms with van der Waals surface area (Å²) in [6.07, 6.45) is 3.92. The van der Waals surface area contributed by atoms with Gasteiger partial charge in [-0.1, -0.05) is 18.2 Å². The highest BCUT2D eigenvalue weighted by molar-refractivity contribution is 5.84. The highest BCUT2D eigenvalue weighted by Gasteiger charge is 2.15. The maximum atomic E-state index is 13.2. The van der Waals surface area contributed by atoms with E-state index in [0.717, 1.165) is 29.8 Å². The van der Waals surface area contributed by atoms with Gasteiger partial charge in [0.1, 0.15) is 12.4 Å². The first-order valence-electron chi connectivity index (χ1n) is 11.0. The zero-order valence-corrected chi connectivity index (χ0v) is 18.9. The molecule has 0 aromatic heterocycles. The molecule has 176 valence electrons. The summed E-state index contributed by atoms with van der Waals surface area (Å²) in [5.41, 5.74) is 5.05. The van der Waals surface area contributed by atoms with Gasteiger partial charge in [-0.25, -0.2) is 9.82 Å². The van der Waals surface area contributed by atoms with Crippen LogP contribution in [0.1, 0.15) is 23.6 Å². The lowest BCUT2D eigenvalue weighted by Crippen LogP contribution is -2.42. The van der Waals surface area contributed by atoms with E-state index in [1.54, 1.807) is 24.4 Å². The van der Waals surface area contributed by atoms with Crippen LogP contribution in [0.4, 0.5) is 4.39 Å². The average molecular weight is 456 g/mol. The van der Waals surface area contributed by atoms with Crippen LogP contribution < -0.4 is 14.9 Å². The number of hydrogen-bond donors (Lipinski definition) is 1. The van der Waals surface area contributed by atoms with Crippen molar-refractivity contribution in [2.45, 2.75) is 20.0 Å². The van der Waals surface area contributed by atoms with E-state index < -0.39 is 0 Å². The van der Waals surface area contributed by atoms with Crippen LogP contribution in [-0.2, 0) is 22.6 Å². The summed E-state index contributed by atoms with van der Waals surface area (Å²) in [5, 5.41) is 4.10. The standard InChI is InChI=1S/C25H30FN3O4/c1-3-5-21-14-20(16-27-28-24(30)17-29-10-12-31-13-11-29)15-23(32-4-2)25(21)33-18-19-6-8-22(26)9-7-19/h3,6-9,14-16H,1,4-5,10-13,17-18H2,2H3,(H,28,30)/b27-16+. The molecule has 1 fully saturated rings. The van der Waals surface area contributed by atoms with Gasteiger partial charge in [-0.3, -0.25) is 9.69 Å². The molecule has 0 spiro atoms. The Bertz CT molecular complexity index is 957. The van der Waals surface area contributed by atoms with Gasteiger partial charge in [-0.15, -0.1) is 6.58 Å². The second kappa shape index (κ2) is 12.7. The van der Waals surface area contributed by atoms with E-state index in [9.17, 15) is 9.18 Å². The fourth-order valence-corrected chi connectivity index (χ4v) is 3.40. The smallest absolute Gasteiger partial charge is 0.254 e. The molecule has 8 heteroatoms.